The Kier molecular flexibility index (Phi) is 2.81. The molecule has 5 heteroatoms. The van der Waals surface area contributed by atoms with Gasteiger partial charge in [-0.1, -0.05) is 0 Å². The average molecular weight is 259 g/mol. The zero-order valence-electron chi connectivity index (χ0n) is 10.6. The van der Waals surface area contributed by atoms with Crippen LogP contribution in [0.1, 0.15) is 23.1 Å². The van der Waals surface area contributed by atoms with Crippen LogP contribution in [-0.2, 0) is 13.1 Å². The number of Topliss-reactive ketones (excluding diaryl/α,β-unsaturated/α-hetero) is 1. The fourth-order valence-electron chi connectivity index (χ4n) is 2.45. The highest BCUT2D eigenvalue weighted by molar-refractivity contribution is 5.99. The summed E-state index contributed by atoms with van der Waals surface area (Å²) in [6.07, 6.45) is 3.72. The fourth-order valence-corrected chi connectivity index (χ4v) is 2.45. The van der Waals surface area contributed by atoms with Gasteiger partial charge in [0.25, 0.3) is 0 Å². The summed E-state index contributed by atoms with van der Waals surface area (Å²) in [5.41, 5.74) is 1.21. The molecule has 2 aromatic rings. The third-order valence-corrected chi connectivity index (χ3v) is 3.42. The number of imidazole rings is 1. The van der Waals surface area contributed by atoms with Crippen LogP contribution >= 0.6 is 0 Å². The number of ketones is 1. The number of carbonyl (C=O) groups excluding carboxylic acids is 1. The Morgan fingerprint density at radius 3 is 3.00 bits per heavy atom. The molecule has 0 fully saturated rings. The van der Waals surface area contributed by atoms with Crippen molar-refractivity contribution in [2.75, 3.05) is 11.4 Å². The topological polar surface area (TPSA) is 38.1 Å². The van der Waals surface area contributed by atoms with Gasteiger partial charge in [-0.25, -0.2) is 9.37 Å². The molecule has 0 aliphatic carbocycles. The summed E-state index contributed by atoms with van der Waals surface area (Å²) in [7, 11) is 0. The van der Waals surface area contributed by atoms with Crippen molar-refractivity contribution in [2.24, 2.45) is 0 Å². The van der Waals surface area contributed by atoms with Crippen molar-refractivity contribution in [3.05, 3.63) is 47.8 Å². The Hall–Kier alpha value is -2.17. The monoisotopic (exact) mass is 259 g/mol. The molecular weight excluding hydrogens is 245 g/mol. The maximum atomic E-state index is 13.3. The Morgan fingerprint density at radius 1 is 1.37 bits per heavy atom. The van der Waals surface area contributed by atoms with Crippen LogP contribution in [0.5, 0.6) is 0 Å². The fraction of sp³-hybridized carbons (Fsp3) is 0.286. The van der Waals surface area contributed by atoms with Gasteiger partial charge in [0.05, 0.1) is 6.54 Å². The first kappa shape index (κ1) is 11.9. The van der Waals surface area contributed by atoms with Gasteiger partial charge in [0.15, 0.2) is 5.78 Å². The molecule has 0 amide bonds. The summed E-state index contributed by atoms with van der Waals surface area (Å²) in [5.74, 6) is 0.459. The minimum absolute atomic E-state index is 0.122. The zero-order chi connectivity index (χ0) is 13.4. The number of carbonyl (C=O) groups is 1. The minimum Gasteiger partial charge on any atom is -0.362 e. The van der Waals surface area contributed by atoms with E-state index in [9.17, 15) is 9.18 Å². The quantitative estimate of drug-likeness (QED) is 0.776. The van der Waals surface area contributed by atoms with Crippen LogP contribution in [-0.4, -0.2) is 21.9 Å². The van der Waals surface area contributed by atoms with Crippen LogP contribution in [0.15, 0.2) is 30.6 Å². The van der Waals surface area contributed by atoms with E-state index in [1.165, 1.54) is 19.1 Å². The smallest absolute Gasteiger partial charge is 0.161 e. The molecule has 1 aromatic heterocycles. The molecule has 1 aliphatic rings. The van der Waals surface area contributed by atoms with Gasteiger partial charge >= 0.3 is 0 Å². The normalized spacial score (nSPS) is 14.3. The van der Waals surface area contributed by atoms with Gasteiger partial charge in [0.1, 0.15) is 11.6 Å². The number of halogens is 1. The Bertz CT molecular complexity index is 635. The van der Waals surface area contributed by atoms with E-state index in [1.54, 1.807) is 12.3 Å². The molecule has 19 heavy (non-hydrogen) atoms. The van der Waals surface area contributed by atoms with Gasteiger partial charge in [0, 0.05) is 36.7 Å². The molecule has 1 aromatic carbocycles. The first-order chi connectivity index (χ1) is 9.15. The van der Waals surface area contributed by atoms with E-state index < -0.39 is 0 Å². The lowest BCUT2D eigenvalue weighted by Crippen LogP contribution is -2.34. The lowest BCUT2D eigenvalue weighted by Gasteiger charge is -2.30. The molecule has 0 atom stereocenters. The predicted molar refractivity (Wildman–Crippen MR) is 69.7 cm³/mol. The predicted octanol–water partition coefficient (Wildman–Crippen LogP) is 2.25. The molecule has 0 bridgehead atoms. The third kappa shape index (κ3) is 2.12. The maximum absolute atomic E-state index is 13.3. The second-order valence-corrected chi connectivity index (χ2v) is 4.68. The third-order valence-electron chi connectivity index (χ3n) is 3.42. The van der Waals surface area contributed by atoms with Crippen molar-refractivity contribution in [1.29, 1.82) is 0 Å². The van der Waals surface area contributed by atoms with E-state index in [0.29, 0.717) is 12.1 Å². The summed E-state index contributed by atoms with van der Waals surface area (Å²) in [5, 5.41) is 0. The summed E-state index contributed by atoms with van der Waals surface area (Å²) in [6.45, 7) is 3.71. The molecule has 0 spiro atoms. The molecule has 4 nitrogen and oxygen atoms in total. The van der Waals surface area contributed by atoms with E-state index in [-0.39, 0.29) is 11.6 Å². The molecule has 0 unspecified atom stereocenters. The number of benzene rings is 1. The van der Waals surface area contributed by atoms with Crippen LogP contribution < -0.4 is 4.90 Å². The van der Waals surface area contributed by atoms with E-state index >= 15 is 0 Å². The van der Waals surface area contributed by atoms with Crippen molar-refractivity contribution in [2.45, 2.75) is 20.0 Å². The molecule has 0 N–H and O–H groups in total. The summed E-state index contributed by atoms with van der Waals surface area (Å²) >= 11 is 0. The molecule has 1 aliphatic heterocycles. The number of fused-ring (bicyclic) bond motifs is 1. The largest absolute Gasteiger partial charge is 0.362 e. The van der Waals surface area contributed by atoms with Crippen LogP contribution in [0.2, 0.25) is 0 Å². The Labute approximate surface area is 110 Å². The van der Waals surface area contributed by atoms with Crippen molar-refractivity contribution in [1.82, 2.24) is 9.55 Å². The molecule has 0 saturated carbocycles. The Balaban J connectivity index is 1.98. The van der Waals surface area contributed by atoms with Crippen molar-refractivity contribution >= 4 is 11.5 Å². The van der Waals surface area contributed by atoms with E-state index in [1.807, 2.05) is 6.20 Å². The number of rotatable bonds is 2. The van der Waals surface area contributed by atoms with Crippen LogP contribution in [0, 0.1) is 5.82 Å². The Morgan fingerprint density at radius 2 is 2.21 bits per heavy atom. The summed E-state index contributed by atoms with van der Waals surface area (Å²) < 4.78 is 15.4. The van der Waals surface area contributed by atoms with Gasteiger partial charge in [-0.05, 0) is 25.1 Å². The maximum Gasteiger partial charge on any atom is 0.161 e. The number of nitrogens with zero attached hydrogens (tertiary/aromatic N) is 3. The molecule has 0 saturated heterocycles. The van der Waals surface area contributed by atoms with Crippen molar-refractivity contribution < 1.29 is 9.18 Å². The van der Waals surface area contributed by atoms with Gasteiger partial charge in [-0.2, -0.15) is 0 Å². The first-order valence-corrected chi connectivity index (χ1v) is 6.20. The van der Waals surface area contributed by atoms with Crippen LogP contribution in [0.4, 0.5) is 10.1 Å². The van der Waals surface area contributed by atoms with E-state index in [2.05, 4.69) is 14.5 Å². The van der Waals surface area contributed by atoms with Crippen molar-refractivity contribution in [3.63, 3.8) is 0 Å². The van der Waals surface area contributed by atoms with Gasteiger partial charge < -0.3 is 9.47 Å². The summed E-state index contributed by atoms with van der Waals surface area (Å²) in [4.78, 5) is 18.0. The van der Waals surface area contributed by atoms with E-state index in [4.69, 9.17) is 0 Å². The van der Waals surface area contributed by atoms with Gasteiger partial charge in [-0.3, -0.25) is 4.79 Å². The van der Waals surface area contributed by atoms with Crippen molar-refractivity contribution in [3.8, 4) is 0 Å². The van der Waals surface area contributed by atoms with Crippen LogP contribution in [0.3, 0.4) is 0 Å². The highest BCUT2D eigenvalue weighted by Gasteiger charge is 2.20. The minimum atomic E-state index is -0.382. The highest BCUT2D eigenvalue weighted by Crippen LogP contribution is 2.25. The standard InChI is InChI=1S/C14H14FN3O/c1-10(19)12-8-11(15)2-3-13(12)18-7-6-17-5-4-16-14(17)9-18/h2-5,8H,6-7,9H2,1H3. The number of hydrogen-bond donors (Lipinski definition) is 0. The van der Waals surface area contributed by atoms with Crippen LogP contribution in [0.25, 0.3) is 0 Å². The zero-order valence-corrected chi connectivity index (χ0v) is 10.6. The average Bonchev–Trinajstić information content (AvgIpc) is 2.85. The van der Waals surface area contributed by atoms with E-state index in [0.717, 1.165) is 24.6 Å². The summed E-state index contributed by atoms with van der Waals surface area (Å²) in [6, 6.07) is 4.37. The lowest BCUT2D eigenvalue weighted by molar-refractivity contribution is 0.101. The number of hydrogen-bond acceptors (Lipinski definition) is 3. The number of anilines is 1. The first-order valence-electron chi connectivity index (χ1n) is 6.20. The SMILES string of the molecule is CC(=O)c1cc(F)ccc1N1CCn2ccnc2C1. The molecule has 0 radical (unpaired) electrons. The number of aromatic nitrogens is 2. The van der Waals surface area contributed by atoms with Gasteiger partial charge in [-0.15, -0.1) is 0 Å². The molecule has 2 heterocycles. The molecule has 98 valence electrons. The second-order valence-electron chi connectivity index (χ2n) is 4.68. The van der Waals surface area contributed by atoms with Gasteiger partial charge in [0.2, 0.25) is 0 Å². The lowest BCUT2D eigenvalue weighted by atomic mass is 10.1. The second kappa shape index (κ2) is 4.50. The molecule has 3 rings (SSSR count). The molecular formula is C14H14FN3O. The highest BCUT2D eigenvalue weighted by atomic mass is 19.1.